The molecule has 0 aliphatic heterocycles. The number of rotatable bonds is 9. The lowest BCUT2D eigenvalue weighted by Gasteiger charge is -2.08. The van der Waals surface area contributed by atoms with Crippen molar-refractivity contribution in [2.24, 2.45) is 0 Å². The average Bonchev–Trinajstić information content (AvgIpc) is 2.67. The summed E-state index contributed by atoms with van der Waals surface area (Å²) in [6.45, 7) is 2.11. The lowest BCUT2D eigenvalue weighted by atomic mass is 10.2. The van der Waals surface area contributed by atoms with Crippen LogP contribution in [-0.2, 0) is 11.2 Å². The Morgan fingerprint density at radius 1 is 1.32 bits per heavy atom. The van der Waals surface area contributed by atoms with Gasteiger partial charge in [-0.25, -0.2) is 9.78 Å². The van der Waals surface area contributed by atoms with Crippen molar-refractivity contribution in [3.8, 4) is 6.07 Å². The number of halogens is 1. The van der Waals surface area contributed by atoms with Gasteiger partial charge in [-0.1, -0.05) is 24.9 Å². The van der Waals surface area contributed by atoms with E-state index in [2.05, 4.69) is 23.3 Å². The number of carboxylic acid groups (broad SMARTS) is 1. The molecule has 0 aliphatic rings. The van der Waals surface area contributed by atoms with Gasteiger partial charge in [0.1, 0.15) is 11.1 Å². The van der Waals surface area contributed by atoms with E-state index >= 15 is 0 Å². The van der Waals surface area contributed by atoms with E-state index < -0.39 is 5.97 Å². The van der Waals surface area contributed by atoms with Crippen LogP contribution in [0.3, 0.4) is 0 Å². The van der Waals surface area contributed by atoms with Crippen LogP contribution in [0.2, 0.25) is 5.02 Å². The van der Waals surface area contributed by atoms with Gasteiger partial charge in [-0.2, -0.15) is 5.26 Å². The molecular formula is C20H20ClN3O3S. The van der Waals surface area contributed by atoms with Crippen molar-refractivity contribution in [1.29, 1.82) is 5.26 Å². The smallest absolute Gasteiger partial charge is 0.337 e. The Kier molecular flexibility index (Phi) is 8.30. The lowest BCUT2D eigenvalue weighted by molar-refractivity contribution is -0.115. The number of carbonyl (C=O) groups excluding carboxylic acids is 1. The molecule has 1 aromatic heterocycles. The van der Waals surface area contributed by atoms with Crippen LogP contribution < -0.4 is 5.32 Å². The Labute approximate surface area is 172 Å². The molecule has 8 heteroatoms. The third-order valence-corrected chi connectivity index (χ3v) is 5.20. The maximum absolute atomic E-state index is 12.1. The standard InChI is InChI=1S/C20H20ClN3O3S/c1-2-3-4-14-6-5-13(12-22)19(24-14)28-10-9-18(25)23-15-7-8-17(21)16(11-15)20(26)27/h5-8,11H,2-4,9-10H2,1H3,(H,23,25)(H,26,27). The summed E-state index contributed by atoms with van der Waals surface area (Å²) >= 11 is 7.18. The number of nitriles is 1. The monoisotopic (exact) mass is 417 g/mol. The molecule has 0 aliphatic carbocycles. The van der Waals surface area contributed by atoms with E-state index in [0.29, 0.717) is 22.0 Å². The summed E-state index contributed by atoms with van der Waals surface area (Å²) in [7, 11) is 0. The van der Waals surface area contributed by atoms with Crippen LogP contribution in [0, 0.1) is 11.3 Å². The summed E-state index contributed by atoms with van der Waals surface area (Å²) in [6.07, 6.45) is 3.16. The maximum Gasteiger partial charge on any atom is 0.337 e. The number of nitrogens with one attached hydrogen (secondary N) is 1. The highest BCUT2D eigenvalue weighted by molar-refractivity contribution is 7.99. The number of amides is 1. The number of benzene rings is 1. The van der Waals surface area contributed by atoms with E-state index in [-0.39, 0.29) is 22.9 Å². The molecule has 0 atom stereocenters. The molecule has 2 rings (SSSR count). The highest BCUT2D eigenvalue weighted by Gasteiger charge is 2.12. The van der Waals surface area contributed by atoms with Gasteiger partial charge in [0.15, 0.2) is 0 Å². The molecule has 1 aromatic carbocycles. The first-order valence-electron chi connectivity index (χ1n) is 8.80. The second kappa shape index (κ2) is 10.7. The lowest BCUT2D eigenvalue weighted by Crippen LogP contribution is -2.13. The SMILES string of the molecule is CCCCc1ccc(C#N)c(SCCC(=O)Nc2ccc(Cl)c(C(=O)O)c2)n1. The molecule has 0 saturated heterocycles. The van der Waals surface area contributed by atoms with Crippen LogP contribution in [-0.4, -0.2) is 27.7 Å². The Bertz CT molecular complexity index is 912. The minimum Gasteiger partial charge on any atom is -0.478 e. The second-order valence-corrected chi connectivity index (χ2v) is 7.51. The normalized spacial score (nSPS) is 10.3. The van der Waals surface area contributed by atoms with Crippen molar-refractivity contribution >= 4 is 40.9 Å². The highest BCUT2D eigenvalue weighted by atomic mass is 35.5. The largest absolute Gasteiger partial charge is 0.478 e. The van der Waals surface area contributed by atoms with E-state index in [9.17, 15) is 14.9 Å². The quantitative estimate of drug-likeness (QED) is 0.569. The van der Waals surface area contributed by atoms with Gasteiger partial charge in [-0.05, 0) is 43.2 Å². The number of hydrogen-bond acceptors (Lipinski definition) is 5. The number of nitrogens with zero attached hydrogens (tertiary/aromatic N) is 2. The number of unbranched alkanes of at least 4 members (excludes halogenated alkanes) is 1. The Morgan fingerprint density at radius 3 is 2.79 bits per heavy atom. The zero-order valence-electron chi connectivity index (χ0n) is 15.4. The first kappa shape index (κ1) is 21.7. The molecule has 146 valence electrons. The van der Waals surface area contributed by atoms with E-state index in [0.717, 1.165) is 25.0 Å². The molecule has 0 saturated carbocycles. The predicted molar refractivity (Wildman–Crippen MR) is 110 cm³/mol. The fourth-order valence-corrected chi connectivity index (χ4v) is 3.53. The first-order chi connectivity index (χ1) is 13.4. The second-order valence-electron chi connectivity index (χ2n) is 6.02. The van der Waals surface area contributed by atoms with Crippen LogP contribution in [0.25, 0.3) is 0 Å². The molecule has 0 radical (unpaired) electrons. The number of hydrogen-bond donors (Lipinski definition) is 2. The topological polar surface area (TPSA) is 103 Å². The van der Waals surface area contributed by atoms with Crippen molar-refractivity contribution in [1.82, 2.24) is 4.98 Å². The molecule has 2 N–H and O–H groups in total. The molecule has 1 heterocycles. The van der Waals surface area contributed by atoms with Crippen molar-refractivity contribution in [3.63, 3.8) is 0 Å². The Morgan fingerprint density at radius 2 is 2.11 bits per heavy atom. The van der Waals surface area contributed by atoms with Gasteiger partial charge in [0.05, 0.1) is 16.1 Å². The number of aryl methyl sites for hydroxylation is 1. The third-order valence-electron chi connectivity index (χ3n) is 3.87. The van der Waals surface area contributed by atoms with Crippen LogP contribution in [0.1, 0.15) is 47.8 Å². The summed E-state index contributed by atoms with van der Waals surface area (Å²) in [5, 5.41) is 21.7. The van der Waals surface area contributed by atoms with Gasteiger partial charge in [0, 0.05) is 23.6 Å². The van der Waals surface area contributed by atoms with Crippen molar-refractivity contribution in [3.05, 3.63) is 52.2 Å². The zero-order valence-corrected chi connectivity index (χ0v) is 16.9. The summed E-state index contributed by atoms with van der Waals surface area (Å²) in [4.78, 5) is 27.8. The summed E-state index contributed by atoms with van der Waals surface area (Å²) in [5.41, 5.74) is 1.74. The van der Waals surface area contributed by atoms with Gasteiger partial charge in [0.25, 0.3) is 0 Å². The van der Waals surface area contributed by atoms with Crippen LogP contribution in [0.15, 0.2) is 35.4 Å². The number of thioether (sulfide) groups is 1. The van der Waals surface area contributed by atoms with Gasteiger partial charge in [-0.15, -0.1) is 11.8 Å². The van der Waals surface area contributed by atoms with Crippen LogP contribution in [0.5, 0.6) is 0 Å². The summed E-state index contributed by atoms with van der Waals surface area (Å²) < 4.78 is 0. The minimum absolute atomic E-state index is 0.0689. The molecular weight excluding hydrogens is 398 g/mol. The highest BCUT2D eigenvalue weighted by Crippen LogP contribution is 2.23. The zero-order chi connectivity index (χ0) is 20.5. The minimum atomic E-state index is -1.16. The molecule has 1 amide bonds. The van der Waals surface area contributed by atoms with Crippen molar-refractivity contribution in [2.45, 2.75) is 37.6 Å². The number of carboxylic acids is 1. The fourth-order valence-electron chi connectivity index (χ4n) is 2.40. The first-order valence-corrected chi connectivity index (χ1v) is 10.2. The molecule has 0 unspecified atom stereocenters. The number of pyridine rings is 1. The number of aromatic nitrogens is 1. The van der Waals surface area contributed by atoms with E-state index in [1.165, 1.54) is 23.9 Å². The van der Waals surface area contributed by atoms with Crippen molar-refractivity contribution in [2.75, 3.05) is 11.1 Å². The van der Waals surface area contributed by atoms with Crippen LogP contribution in [0.4, 0.5) is 5.69 Å². The molecule has 0 fully saturated rings. The molecule has 28 heavy (non-hydrogen) atoms. The average molecular weight is 418 g/mol. The molecule has 0 bridgehead atoms. The molecule has 0 spiro atoms. The summed E-state index contributed by atoms with van der Waals surface area (Å²) in [5.74, 6) is -0.967. The fraction of sp³-hybridized carbons (Fsp3) is 0.300. The Hall–Kier alpha value is -2.56. The van der Waals surface area contributed by atoms with E-state index in [4.69, 9.17) is 16.7 Å². The predicted octanol–water partition coefficient (Wildman–Crippen LogP) is 4.77. The third kappa shape index (κ3) is 6.25. The molecule has 2 aromatic rings. The number of aromatic carboxylic acids is 1. The van der Waals surface area contributed by atoms with Gasteiger partial charge in [-0.3, -0.25) is 4.79 Å². The Balaban J connectivity index is 1.94. The van der Waals surface area contributed by atoms with E-state index in [1.807, 2.05) is 6.07 Å². The van der Waals surface area contributed by atoms with Crippen LogP contribution >= 0.6 is 23.4 Å². The van der Waals surface area contributed by atoms with Gasteiger partial charge in [0.2, 0.25) is 5.91 Å². The van der Waals surface area contributed by atoms with E-state index in [1.54, 1.807) is 12.1 Å². The molecule has 6 nitrogen and oxygen atoms in total. The van der Waals surface area contributed by atoms with Crippen molar-refractivity contribution < 1.29 is 14.7 Å². The van der Waals surface area contributed by atoms with Gasteiger partial charge < -0.3 is 10.4 Å². The summed E-state index contributed by atoms with van der Waals surface area (Å²) in [6, 6.07) is 10.1. The maximum atomic E-state index is 12.1. The number of carbonyl (C=O) groups is 2. The van der Waals surface area contributed by atoms with Gasteiger partial charge >= 0.3 is 5.97 Å². The number of anilines is 1.